The lowest BCUT2D eigenvalue weighted by Crippen LogP contribution is -1.93. The fraction of sp³-hybridized carbons (Fsp3) is 0.111. The molecule has 0 aliphatic rings. The van der Waals surface area contributed by atoms with E-state index in [1.807, 2.05) is 0 Å². The molecule has 0 heterocycles. The van der Waals surface area contributed by atoms with Crippen molar-refractivity contribution in [3.8, 4) is 33.4 Å². The summed E-state index contributed by atoms with van der Waals surface area (Å²) in [7, 11) is 0. The van der Waals surface area contributed by atoms with Gasteiger partial charge in [-0.15, -0.1) is 0 Å². The molecule has 0 heteroatoms. The Morgan fingerprint density at radius 1 is 0.444 bits per heavy atom. The van der Waals surface area contributed by atoms with Crippen LogP contribution in [0.5, 0.6) is 0 Å². The van der Waals surface area contributed by atoms with Crippen LogP contribution < -0.4 is 0 Å². The molecule has 0 unspecified atom stereocenters. The Labute approximate surface area is 162 Å². The summed E-state index contributed by atoms with van der Waals surface area (Å²) in [5.74, 6) is 0. The minimum absolute atomic E-state index is 1.25. The molecular weight excluding hydrogens is 324 g/mol. The molecule has 4 rings (SSSR count). The first-order chi connectivity index (χ1) is 13.1. The smallest absolute Gasteiger partial charge is 0.0100 e. The molecular formula is C27H24. The summed E-state index contributed by atoms with van der Waals surface area (Å²) in [6.07, 6.45) is 0. The van der Waals surface area contributed by atoms with Crippen LogP contribution in [0.2, 0.25) is 0 Å². The van der Waals surface area contributed by atoms with Crippen LogP contribution in [0.4, 0.5) is 0 Å². The summed E-state index contributed by atoms with van der Waals surface area (Å²) in [6.45, 7) is 6.60. The largest absolute Gasteiger partial charge is 0.0622 e. The summed E-state index contributed by atoms with van der Waals surface area (Å²) >= 11 is 0. The van der Waals surface area contributed by atoms with Gasteiger partial charge < -0.3 is 0 Å². The maximum atomic E-state index is 2.30. The number of hydrogen-bond acceptors (Lipinski definition) is 0. The summed E-state index contributed by atoms with van der Waals surface area (Å²) in [5.41, 5.74) is 11.7. The zero-order chi connectivity index (χ0) is 18.8. The Hall–Kier alpha value is -3.12. The topological polar surface area (TPSA) is 0 Å². The first-order valence-electron chi connectivity index (χ1n) is 9.46. The van der Waals surface area contributed by atoms with Crippen molar-refractivity contribution >= 4 is 0 Å². The van der Waals surface area contributed by atoms with Crippen LogP contribution in [0.1, 0.15) is 16.7 Å². The van der Waals surface area contributed by atoms with Crippen LogP contribution in [-0.2, 0) is 0 Å². The van der Waals surface area contributed by atoms with Crippen LogP contribution in [0.3, 0.4) is 0 Å². The Kier molecular flexibility index (Phi) is 4.64. The molecule has 0 saturated heterocycles. The van der Waals surface area contributed by atoms with Crippen molar-refractivity contribution in [2.24, 2.45) is 0 Å². The second kappa shape index (κ2) is 7.25. The summed E-state index contributed by atoms with van der Waals surface area (Å²) in [4.78, 5) is 0. The molecule has 132 valence electrons. The zero-order valence-electron chi connectivity index (χ0n) is 16.2. The van der Waals surface area contributed by atoms with E-state index in [-0.39, 0.29) is 0 Å². The van der Waals surface area contributed by atoms with Crippen molar-refractivity contribution in [1.29, 1.82) is 0 Å². The minimum atomic E-state index is 1.25. The van der Waals surface area contributed by atoms with Gasteiger partial charge in [0.15, 0.2) is 0 Å². The van der Waals surface area contributed by atoms with E-state index in [1.54, 1.807) is 0 Å². The van der Waals surface area contributed by atoms with Crippen molar-refractivity contribution in [3.05, 3.63) is 108 Å². The molecule has 0 aliphatic carbocycles. The molecule has 0 N–H and O–H groups in total. The molecule has 0 aliphatic heterocycles. The highest BCUT2D eigenvalue weighted by Crippen LogP contribution is 2.37. The third kappa shape index (κ3) is 3.44. The van der Waals surface area contributed by atoms with Crippen molar-refractivity contribution in [3.63, 3.8) is 0 Å². The molecule has 0 bridgehead atoms. The van der Waals surface area contributed by atoms with Gasteiger partial charge in [0, 0.05) is 0 Å². The maximum absolute atomic E-state index is 2.30. The molecule has 0 spiro atoms. The van der Waals surface area contributed by atoms with E-state index in [4.69, 9.17) is 0 Å². The zero-order valence-corrected chi connectivity index (χ0v) is 16.2. The number of aryl methyl sites for hydroxylation is 3. The third-order valence-electron chi connectivity index (χ3n) is 5.15. The van der Waals surface area contributed by atoms with Gasteiger partial charge in [0.1, 0.15) is 0 Å². The van der Waals surface area contributed by atoms with E-state index in [9.17, 15) is 0 Å². The molecule has 0 amide bonds. The molecule has 27 heavy (non-hydrogen) atoms. The Bertz CT molecular complexity index is 1060. The number of hydrogen-bond donors (Lipinski definition) is 0. The van der Waals surface area contributed by atoms with Gasteiger partial charge in [-0.1, -0.05) is 90.5 Å². The van der Waals surface area contributed by atoms with E-state index in [0.29, 0.717) is 0 Å². The highest BCUT2D eigenvalue weighted by Gasteiger charge is 2.12. The molecule has 0 fully saturated rings. The van der Waals surface area contributed by atoms with Gasteiger partial charge in [-0.25, -0.2) is 0 Å². The molecule has 0 aromatic heterocycles. The van der Waals surface area contributed by atoms with E-state index < -0.39 is 0 Å². The van der Waals surface area contributed by atoms with Gasteiger partial charge in [-0.05, 0) is 71.3 Å². The monoisotopic (exact) mass is 348 g/mol. The standard InChI is InChI=1S/C27H24/c1-19-16-20(2)27(21(3)17-19)26-15-8-7-14-25(26)24-13-9-12-23(18-24)22-10-5-4-6-11-22/h4-18H,1-3H3. The van der Waals surface area contributed by atoms with Gasteiger partial charge in [0.05, 0.1) is 0 Å². The van der Waals surface area contributed by atoms with Gasteiger partial charge in [-0.2, -0.15) is 0 Å². The minimum Gasteiger partial charge on any atom is -0.0622 e. The molecule has 0 atom stereocenters. The second-order valence-electron chi connectivity index (χ2n) is 7.27. The summed E-state index contributed by atoms with van der Waals surface area (Å²) in [6, 6.07) is 32.7. The third-order valence-corrected chi connectivity index (χ3v) is 5.15. The van der Waals surface area contributed by atoms with Crippen LogP contribution in [0, 0.1) is 20.8 Å². The van der Waals surface area contributed by atoms with Crippen LogP contribution in [0.15, 0.2) is 91.0 Å². The molecule has 4 aromatic rings. The Morgan fingerprint density at radius 2 is 1.00 bits per heavy atom. The lowest BCUT2D eigenvalue weighted by molar-refractivity contribution is 1.32. The van der Waals surface area contributed by atoms with Crippen LogP contribution in [-0.4, -0.2) is 0 Å². The molecule has 0 saturated carbocycles. The Morgan fingerprint density at radius 3 is 1.70 bits per heavy atom. The van der Waals surface area contributed by atoms with E-state index in [0.717, 1.165) is 0 Å². The predicted octanol–water partition coefficient (Wildman–Crippen LogP) is 7.61. The van der Waals surface area contributed by atoms with Crippen molar-refractivity contribution < 1.29 is 0 Å². The highest BCUT2D eigenvalue weighted by atomic mass is 14.2. The van der Waals surface area contributed by atoms with Gasteiger partial charge in [-0.3, -0.25) is 0 Å². The average molecular weight is 348 g/mol. The van der Waals surface area contributed by atoms with Crippen molar-refractivity contribution in [2.45, 2.75) is 20.8 Å². The molecule has 0 nitrogen and oxygen atoms in total. The van der Waals surface area contributed by atoms with Crippen molar-refractivity contribution in [2.75, 3.05) is 0 Å². The van der Waals surface area contributed by atoms with Crippen LogP contribution >= 0.6 is 0 Å². The van der Waals surface area contributed by atoms with E-state index in [1.165, 1.54) is 50.1 Å². The number of benzene rings is 4. The maximum Gasteiger partial charge on any atom is -0.0100 e. The second-order valence-corrected chi connectivity index (χ2v) is 7.27. The molecule has 4 aromatic carbocycles. The lowest BCUT2D eigenvalue weighted by atomic mass is 9.88. The fourth-order valence-corrected chi connectivity index (χ4v) is 4.05. The average Bonchev–Trinajstić information content (AvgIpc) is 2.68. The summed E-state index contributed by atoms with van der Waals surface area (Å²) < 4.78 is 0. The quantitative estimate of drug-likeness (QED) is 0.357. The van der Waals surface area contributed by atoms with E-state index >= 15 is 0 Å². The normalized spacial score (nSPS) is 10.8. The first-order valence-corrected chi connectivity index (χ1v) is 9.46. The summed E-state index contributed by atoms with van der Waals surface area (Å²) in [5, 5.41) is 0. The fourth-order valence-electron chi connectivity index (χ4n) is 4.05. The predicted molar refractivity (Wildman–Crippen MR) is 117 cm³/mol. The van der Waals surface area contributed by atoms with Gasteiger partial charge >= 0.3 is 0 Å². The van der Waals surface area contributed by atoms with Crippen LogP contribution in [0.25, 0.3) is 33.4 Å². The first kappa shape index (κ1) is 17.3. The van der Waals surface area contributed by atoms with Gasteiger partial charge in [0.2, 0.25) is 0 Å². The molecule has 0 radical (unpaired) electrons. The van der Waals surface area contributed by atoms with E-state index in [2.05, 4.69) is 112 Å². The van der Waals surface area contributed by atoms with Gasteiger partial charge in [0.25, 0.3) is 0 Å². The highest BCUT2D eigenvalue weighted by molar-refractivity contribution is 5.87. The van der Waals surface area contributed by atoms with Crippen molar-refractivity contribution in [1.82, 2.24) is 0 Å². The number of rotatable bonds is 3. The SMILES string of the molecule is Cc1cc(C)c(-c2ccccc2-c2cccc(-c3ccccc3)c2)c(C)c1. The Balaban J connectivity index is 1.88. The lowest BCUT2D eigenvalue weighted by Gasteiger charge is -2.16.